The van der Waals surface area contributed by atoms with Gasteiger partial charge in [0.25, 0.3) is 5.91 Å². The number of nitrogens with zero attached hydrogens (tertiary/aromatic N) is 1. The smallest absolute Gasteiger partial charge is 0.375 e. The zero-order valence-electron chi connectivity index (χ0n) is 9.75. The number of carbonyl (C=O) groups excluding carboxylic acids is 1. The van der Waals surface area contributed by atoms with Crippen molar-refractivity contribution in [1.82, 2.24) is 4.90 Å². The molecule has 1 N–H and O–H groups in total. The number of rotatable bonds is 2. The fraction of sp³-hybridized carbons (Fsp3) is 0.417. The number of hydrogen-bond donors (Lipinski definition) is 1. The van der Waals surface area contributed by atoms with E-state index in [1.54, 1.807) is 12.1 Å². The van der Waals surface area contributed by atoms with Gasteiger partial charge in [-0.05, 0) is 17.7 Å². The topological polar surface area (TPSA) is 40.5 Å². The van der Waals surface area contributed by atoms with Crippen molar-refractivity contribution in [3.05, 3.63) is 34.3 Å². The SMILES string of the molecule is O=C1N(CC(F)(F)F)CC[C@@]1(O)c1cccc(Br)c1. The van der Waals surface area contributed by atoms with Crippen molar-refractivity contribution in [3.8, 4) is 0 Å². The lowest BCUT2D eigenvalue weighted by Crippen LogP contribution is -2.41. The van der Waals surface area contributed by atoms with E-state index in [4.69, 9.17) is 0 Å². The summed E-state index contributed by atoms with van der Waals surface area (Å²) >= 11 is 3.20. The van der Waals surface area contributed by atoms with E-state index < -0.39 is 24.2 Å². The maximum Gasteiger partial charge on any atom is 0.406 e. The van der Waals surface area contributed by atoms with E-state index in [1.807, 2.05) is 0 Å². The van der Waals surface area contributed by atoms with Gasteiger partial charge in [0, 0.05) is 17.4 Å². The van der Waals surface area contributed by atoms with Crippen LogP contribution in [-0.2, 0) is 10.4 Å². The highest BCUT2D eigenvalue weighted by atomic mass is 79.9. The molecular formula is C12H11BrF3NO2. The second-order valence-electron chi connectivity index (χ2n) is 4.46. The first-order valence-corrected chi connectivity index (χ1v) is 6.36. The molecule has 1 saturated heterocycles. The summed E-state index contributed by atoms with van der Waals surface area (Å²) in [5.74, 6) is -0.900. The number of alkyl halides is 3. The fourth-order valence-corrected chi connectivity index (χ4v) is 2.55. The van der Waals surface area contributed by atoms with Crippen molar-refractivity contribution in [2.45, 2.75) is 18.2 Å². The van der Waals surface area contributed by atoms with Crippen LogP contribution < -0.4 is 0 Å². The van der Waals surface area contributed by atoms with Crippen molar-refractivity contribution in [1.29, 1.82) is 0 Å². The average molecular weight is 338 g/mol. The van der Waals surface area contributed by atoms with Gasteiger partial charge < -0.3 is 10.0 Å². The van der Waals surface area contributed by atoms with E-state index in [-0.39, 0.29) is 13.0 Å². The predicted octanol–water partition coefficient (Wildman–Crippen LogP) is 2.43. The van der Waals surface area contributed by atoms with Crippen molar-refractivity contribution in [3.63, 3.8) is 0 Å². The molecule has 3 nitrogen and oxygen atoms in total. The van der Waals surface area contributed by atoms with E-state index in [0.717, 1.165) is 0 Å². The van der Waals surface area contributed by atoms with Crippen LogP contribution in [0.25, 0.3) is 0 Å². The molecule has 0 aromatic heterocycles. The van der Waals surface area contributed by atoms with Crippen molar-refractivity contribution in [2.24, 2.45) is 0 Å². The summed E-state index contributed by atoms with van der Waals surface area (Å²) in [6, 6.07) is 6.39. The third kappa shape index (κ3) is 2.92. The van der Waals surface area contributed by atoms with Gasteiger partial charge in [0.1, 0.15) is 6.54 Å². The van der Waals surface area contributed by atoms with Gasteiger partial charge in [-0.25, -0.2) is 0 Å². The average Bonchev–Trinajstić information content (AvgIpc) is 2.57. The van der Waals surface area contributed by atoms with Crippen LogP contribution >= 0.6 is 15.9 Å². The molecular weight excluding hydrogens is 327 g/mol. The summed E-state index contributed by atoms with van der Waals surface area (Å²) in [5, 5.41) is 10.3. The third-order valence-corrected chi connectivity index (χ3v) is 3.55. The molecule has 0 saturated carbocycles. The number of carbonyl (C=O) groups is 1. The molecule has 0 bridgehead atoms. The van der Waals surface area contributed by atoms with Gasteiger partial charge in [0.15, 0.2) is 5.60 Å². The molecule has 1 aromatic rings. The normalized spacial score (nSPS) is 24.1. The lowest BCUT2D eigenvalue weighted by molar-refractivity contribution is -0.164. The molecule has 1 aliphatic rings. The zero-order valence-corrected chi connectivity index (χ0v) is 11.3. The largest absolute Gasteiger partial charge is 0.406 e. The molecule has 19 heavy (non-hydrogen) atoms. The number of amides is 1. The van der Waals surface area contributed by atoms with Gasteiger partial charge in [0.05, 0.1) is 0 Å². The van der Waals surface area contributed by atoms with Crippen LogP contribution in [0, 0.1) is 0 Å². The number of hydrogen-bond acceptors (Lipinski definition) is 2. The Labute approximate surface area is 116 Å². The molecule has 0 aliphatic carbocycles. The monoisotopic (exact) mass is 337 g/mol. The number of halogens is 4. The second kappa shape index (κ2) is 4.79. The van der Waals surface area contributed by atoms with Crippen LogP contribution in [0.2, 0.25) is 0 Å². The Morgan fingerprint density at radius 1 is 1.42 bits per heavy atom. The van der Waals surface area contributed by atoms with E-state index in [1.165, 1.54) is 12.1 Å². The third-order valence-electron chi connectivity index (χ3n) is 3.06. The second-order valence-corrected chi connectivity index (χ2v) is 5.38. The first-order chi connectivity index (χ1) is 8.72. The highest BCUT2D eigenvalue weighted by Crippen LogP contribution is 2.35. The van der Waals surface area contributed by atoms with Crippen molar-refractivity contribution < 1.29 is 23.1 Å². The Bertz CT molecular complexity index is 506. The lowest BCUT2D eigenvalue weighted by atomic mass is 9.92. The van der Waals surface area contributed by atoms with E-state index in [9.17, 15) is 23.1 Å². The van der Waals surface area contributed by atoms with Crippen LogP contribution in [0.1, 0.15) is 12.0 Å². The molecule has 1 aliphatic heterocycles. The molecule has 1 amide bonds. The highest BCUT2D eigenvalue weighted by molar-refractivity contribution is 9.10. The summed E-state index contributed by atoms with van der Waals surface area (Å²) in [5.41, 5.74) is -1.56. The predicted molar refractivity (Wildman–Crippen MR) is 65.3 cm³/mol. The lowest BCUT2D eigenvalue weighted by Gasteiger charge is -2.23. The number of benzene rings is 1. The van der Waals surface area contributed by atoms with Gasteiger partial charge in [-0.2, -0.15) is 13.2 Å². The van der Waals surface area contributed by atoms with Crippen LogP contribution in [0.15, 0.2) is 28.7 Å². The van der Waals surface area contributed by atoms with Crippen LogP contribution in [-0.4, -0.2) is 35.2 Å². The van der Waals surface area contributed by atoms with Crippen LogP contribution in [0.5, 0.6) is 0 Å². The summed E-state index contributed by atoms with van der Waals surface area (Å²) in [4.78, 5) is 12.6. The molecule has 2 rings (SSSR count). The van der Waals surface area contributed by atoms with E-state index in [0.29, 0.717) is 14.9 Å². The Balaban J connectivity index is 2.25. The first kappa shape index (κ1) is 14.3. The Kier molecular flexibility index (Phi) is 3.61. The molecule has 104 valence electrons. The number of aliphatic hydroxyl groups is 1. The summed E-state index contributed by atoms with van der Waals surface area (Å²) in [6.45, 7) is -1.44. The molecule has 1 fully saturated rings. The molecule has 0 radical (unpaired) electrons. The maximum absolute atomic E-state index is 12.3. The molecule has 1 heterocycles. The van der Waals surface area contributed by atoms with E-state index in [2.05, 4.69) is 15.9 Å². The van der Waals surface area contributed by atoms with Gasteiger partial charge in [0.2, 0.25) is 0 Å². The Morgan fingerprint density at radius 2 is 2.11 bits per heavy atom. The maximum atomic E-state index is 12.3. The quantitative estimate of drug-likeness (QED) is 0.900. The highest BCUT2D eigenvalue weighted by Gasteiger charge is 2.49. The Hall–Kier alpha value is -1.08. The molecule has 7 heteroatoms. The van der Waals surface area contributed by atoms with Crippen LogP contribution in [0.3, 0.4) is 0 Å². The summed E-state index contributed by atoms with van der Waals surface area (Å²) < 4.78 is 37.6. The molecule has 0 unspecified atom stereocenters. The number of likely N-dealkylation sites (tertiary alicyclic amines) is 1. The minimum absolute atomic E-state index is 0.0433. The minimum Gasteiger partial charge on any atom is -0.375 e. The first-order valence-electron chi connectivity index (χ1n) is 5.57. The summed E-state index contributed by atoms with van der Waals surface area (Å²) in [6.07, 6.45) is -4.50. The van der Waals surface area contributed by atoms with Gasteiger partial charge in [-0.15, -0.1) is 0 Å². The fourth-order valence-electron chi connectivity index (χ4n) is 2.15. The van der Waals surface area contributed by atoms with Crippen molar-refractivity contribution in [2.75, 3.05) is 13.1 Å². The van der Waals surface area contributed by atoms with Gasteiger partial charge >= 0.3 is 6.18 Å². The Morgan fingerprint density at radius 3 is 2.68 bits per heavy atom. The molecule has 1 aromatic carbocycles. The minimum atomic E-state index is -4.46. The van der Waals surface area contributed by atoms with E-state index >= 15 is 0 Å². The molecule has 1 atom stereocenters. The van der Waals surface area contributed by atoms with Crippen molar-refractivity contribution >= 4 is 21.8 Å². The summed E-state index contributed by atoms with van der Waals surface area (Å²) in [7, 11) is 0. The zero-order chi connectivity index (χ0) is 14.3. The van der Waals surface area contributed by atoms with Gasteiger partial charge in [-0.3, -0.25) is 4.79 Å². The van der Waals surface area contributed by atoms with Gasteiger partial charge in [-0.1, -0.05) is 28.1 Å². The van der Waals surface area contributed by atoms with Crippen LogP contribution in [0.4, 0.5) is 13.2 Å². The standard InChI is InChI=1S/C12H11BrF3NO2/c13-9-3-1-2-8(6-9)11(19)4-5-17(10(11)18)7-12(14,15)16/h1-3,6,19H,4-5,7H2/t11-/m1/s1. The molecule has 0 spiro atoms.